The van der Waals surface area contributed by atoms with Crippen molar-refractivity contribution in [3.8, 4) is 0 Å². The van der Waals surface area contributed by atoms with Gasteiger partial charge in [-0.25, -0.2) is 0 Å². The first kappa shape index (κ1) is 8.06. The average molecular weight is 141 g/mol. The van der Waals surface area contributed by atoms with Crippen LogP contribution in [0.2, 0.25) is 0 Å². The molecule has 1 nitrogen and oxygen atoms in total. The molecule has 1 aliphatic carbocycles. The molecular formula is C9H19N. The highest BCUT2D eigenvalue weighted by Gasteiger charge is 2.28. The topological polar surface area (TPSA) is 26.0 Å². The van der Waals surface area contributed by atoms with Crippen LogP contribution in [0.25, 0.3) is 0 Å². The van der Waals surface area contributed by atoms with Crippen LogP contribution in [0.15, 0.2) is 0 Å². The zero-order valence-electron chi connectivity index (χ0n) is 7.30. The normalized spacial score (nSPS) is 49.2. The minimum absolute atomic E-state index is 0.464. The molecule has 1 rings (SSSR count). The molecule has 2 N–H and O–H groups in total. The first-order valence-electron chi connectivity index (χ1n) is 4.38. The van der Waals surface area contributed by atoms with Gasteiger partial charge in [0.2, 0.25) is 0 Å². The Hall–Kier alpha value is -0.0400. The fraction of sp³-hybridized carbons (Fsp3) is 1.00. The number of hydrogen-bond donors (Lipinski definition) is 1. The molecule has 0 aromatic carbocycles. The van der Waals surface area contributed by atoms with Gasteiger partial charge in [-0.1, -0.05) is 20.8 Å². The molecule has 1 aliphatic rings. The number of hydrogen-bond acceptors (Lipinski definition) is 1. The Morgan fingerprint density at radius 3 is 2.10 bits per heavy atom. The predicted octanol–water partition coefficient (Wildman–Crippen LogP) is 2.02. The van der Waals surface area contributed by atoms with Crippen molar-refractivity contribution in [2.75, 3.05) is 0 Å². The maximum absolute atomic E-state index is 5.93. The molecule has 0 bridgehead atoms. The van der Waals surface area contributed by atoms with Gasteiger partial charge in [-0.05, 0) is 30.6 Å². The molecule has 0 aromatic rings. The van der Waals surface area contributed by atoms with E-state index in [1.165, 1.54) is 12.8 Å². The fourth-order valence-corrected chi connectivity index (χ4v) is 1.89. The summed E-state index contributed by atoms with van der Waals surface area (Å²) in [6, 6.07) is 0.464. The molecule has 0 aliphatic heterocycles. The summed E-state index contributed by atoms with van der Waals surface area (Å²) < 4.78 is 0. The van der Waals surface area contributed by atoms with E-state index < -0.39 is 0 Å². The van der Waals surface area contributed by atoms with Gasteiger partial charge in [0.25, 0.3) is 0 Å². The Morgan fingerprint density at radius 1 is 1.00 bits per heavy atom. The minimum Gasteiger partial charge on any atom is -0.327 e. The van der Waals surface area contributed by atoms with Crippen molar-refractivity contribution in [1.82, 2.24) is 0 Å². The molecule has 1 saturated carbocycles. The number of nitrogens with two attached hydrogens (primary N) is 1. The van der Waals surface area contributed by atoms with Crippen molar-refractivity contribution in [1.29, 1.82) is 0 Å². The number of rotatable bonds is 0. The summed E-state index contributed by atoms with van der Waals surface area (Å²) in [4.78, 5) is 0. The summed E-state index contributed by atoms with van der Waals surface area (Å²) in [6.07, 6.45) is 2.55. The van der Waals surface area contributed by atoms with Gasteiger partial charge in [0.15, 0.2) is 0 Å². The first-order chi connectivity index (χ1) is 4.63. The van der Waals surface area contributed by atoms with E-state index in [9.17, 15) is 0 Å². The minimum atomic E-state index is 0.464. The lowest BCUT2D eigenvalue weighted by Gasteiger charge is -2.36. The maximum Gasteiger partial charge on any atom is 0.00672 e. The van der Waals surface area contributed by atoms with Crippen molar-refractivity contribution < 1.29 is 0 Å². The van der Waals surface area contributed by atoms with Crippen LogP contribution in [0.3, 0.4) is 0 Å². The Kier molecular flexibility index (Phi) is 2.35. The highest BCUT2D eigenvalue weighted by atomic mass is 14.7. The van der Waals surface area contributed by atoms with E-state index in [1.807, 2.05) is 0 Å². The molecule has 0 heterocycles. The SMILES string of the molecule is C[C@@H]1[C@H](C)[C@@H](C)CC[C@@H]1N. The molecule has 1 fully saturated rings. The van der Waals surface area contributed by atoms with Gasteiger partial charge in [0, 0.05) is 6.04 Å². The zero-order valence-corrected chi connectivity index (χ0v) is 7.30. The van der Waals surface area contributed by atoms with Gasteiger partial charge in [0.1, 0.15) is 0 Å². The van der Waals surface area contributed by atoms with E-state index in [0.29, 0.717) is 6.04 Å². The third kappa shape index (κ3) is 1.34. The smallest absolute Gasteiger partial charge is 0.00672 e. The van der Waals surface area contributed by atoms with Gasteiger partial charge < -0.3 is 5.73 Å². The first-order valence-corrected chi connectivity index (χ1v) is 4.38. The molecule has 0 amide bonds. The van der Waals surface area contributed by atoms with Gasteiger partial charge in [-0.15, -0.1) is 0 Å². The van der Waals surface area contributed by atoms with Crippen LogP contribution in [-0.2, 0) is 0 Å². The molecule has 4 atom stereocenters. The average Bonchev–Trinajstić information content (AvgIpc) is 1.93. The van der Waals surface area contributed by atoms with Crippen LogP contribution in [-0.4, -0.2) is 6.04 Å². The van der Waals surface area contributed by atoms with Crippen LogP contribution in [0.5, 0.6) is 0 Å². The van der Waals surface area contributed by atoms with E-state index in [0.717, 1.165) is 17.8 Å². The van der Waals surface area contributed by atoms with Crippen LogP contribution in [0, 0.1) is 17.8 Å². The Labute approximate surface area is 64.0 Å². The lowest BCUT2D eigenvalue weighted by molar-refractivity contribution is 0.171. The third-order valence-electron chi connectivity index (χ3n) is 3.36. The Bertz CT molecular complexity index is 97.3. The summed E-state index contributed by atoms with van der Waals surface area (Å²) >= 11 is 0. The summed E-state index contributed by atoms with van der Waals surface area (Å²) in [5.74, 6) is 2.43. The molecule has 0 radical (unpaired) electrons. The van der Waals surface area contributed by atoms with Crippen molar-refractivity contribution in [2.24, 2.45) is 23.5 Å². The molecule has 0 aromatic heterocycles. The third-order valence-corrected chi connectivity index (χ3v) is 3.36. The molecule has 0 saturated heterocycles. The van der Waals surface area contributed by atoms with Crippen molar-refractivity contribution in [2.45, 2.75) is 39.7 Å². The van der Waals surface area contributed by atoms with Gasteiger partial charge in [-0.2, -0.15) is 0 Å². The van der Waals surface area contributed by atoms with E-state index in [-0.39, 0.29) is 0 Å². The maximum atomic E-state index is 5.93. The van der Waals surface area contributed by atoms with Gasteiger partial charge in [0.05, 0.1) is 0 Å². The predicted molar refractivity (Wildman–Crippen MR) is 44.7 cm³/mol. The quantitative estimate of drug-likeness (QED) is 0.548. The van der Waals surface area contributed by atoms with Gasteiger partial charge in [-0.3, -0.25) is 0 Å². The largest absolute Gasteiger partial charge is 0.327 e. The highest BCUT2D eigenvalue weighted by molar-refractivity contribution is 4.82. The standard InChI is InChI=1S/C9H19N/c1-6-4-5-9(10)8(3)7(6)2/h6-9H,4-5,10H2,1-3H3/t6-,7+,8+,9-/m0/s1. The van der Waals surface area contributed by atoms with E-state index in [2.05, 4.69) is 20.8 Å². The molecule has 60 valence electrons. The summed E-state index contributed by atoms with van der Waals surface area (Å²) in [7, 11) is 0. The molecule has 0 unspecified atom stereocenters. The van der Waals surface area contributed by atoms with Crippen LogP contribution in [0.4, 0.5) is 0 Å². The second kappa shape index (κ2) is 2.91. The summed E-state index contributed by atoms with van der Waals surface area (Å²) in [6.45, 7) is 6.95. The van der Waals surface area contributed by atoms with Crippen molar-refractivity contribution in [3.63, 3.8) is 0 Å². The van der Waals surface area contributed by atoms with E-state index >= 15 is 0 Å². The lowest BCUT2D eigenvalue weighted by atomic mass is 9.72. The van der Waals surface area contributed by atoms with Gasteiger partial charge >= 0.3 is 0 Å². The highest BCUT2D eigenvalue weighted by Crippen LogP contribution is 2.32. The molecule has 10 heavy (non-hydrogen) atoms. The van der Waals surface area contributed by atoms with E-state index in [1.54, 1.807) is 0 Å². The summed E-state index contributed by atoms with van der Waals surface area (Å²) in [5, 5.41) is 0. The van der Waals surface area contributed by atoms with Crippen molar-refractivity contribution >= 4 is 0 Å². The Balaban J connectivity index is 2.52. The zero-order chi connectivity index (χ0) is 7.72. The molecule has 0 spiro atoms. The second-order valence-corrected chi connectivity index (χ2v) is 3.94. The molecular weight excluding hydrogens is 122 g/mol. The Morgan fingerprint density at radius 2 is 1.60 bits per heavy atom. The van der Waals surface area contributed by atoms with Crippen molar-refractivity contribution in [3.05, 3.63) is 0 Å². The monoisotopic (exact) mass is 141 g/mol. The van der Waals surface area contributed by atoms with Crippen LogP contribution in [0.1, 0.15) is 33.6 Å². The fourth-order valence-electron chi connectivity index (χ4n) is 1.89. The lowest BCUT2D eigenvalue weighted by Crippen LogP contribution is -2.39. The van der Waals surface area contributed by atoms with E-state index in [4.69, 9.17) is 5.73 Å². The summed E-state index contributed by atoms with van der Waals surface area (Å²) in [5.41, 5.74) is 5.93. The second-order valence-electron chi connectivity index (χ2n) is 3.94. The van der Waals surface area contributed by atoms with Crippen LogP contribution < -0.4 is 5.73 Å². The molecule has 1 heteroatoms. The van der Waals surface area contributed by atoms with Crippen LogP contribution >= 0.6 is 0 Å².